The van der Waals surface area contributed by atoms with Crippen molar-refractivity contribution in [1.29, 1.82) is 0 Å². The zero-order valence-electron chi connectivity index (χ0n) is 8.55. The van der Waals surface area contributed by atoms with Crippen LogP contribution in [0.2, 0.25) is 0 Å². The van der Waals surface area contributed by atoms with Crippen molar-refractivity contribution in [2.45, 2.75) is 25.3 Å². The van der Waals surface area contributed by atoms with Crippen molar-refractivity contribution in [3.8, 4) is 0 Å². The molecule has 1 fully saturated rings. The van der Waals surface area contributed by atoms with Crippen molar-refractivity contribution >= 4 is 16.2 Å². The van der Waals surface area contributed by atoms with Gasteiger partial charge in [-0.15, -0.1) is 0 Å². The summed E-state index contributed by atoms with van der Waals surface area (Å²) in [4.78, 5) is 12.1. The molecule has 1 amide bonds. The monoisotopic (exact) mass is 237 g/mol. The van der Waals surface area contributed by atoms with Gasteiger partial charge in [0, 0.05) is 6.54 Å². The number of carboxylic acid groups (broad SMARTS) is 1. The average molecular weight is 237 g/mol. The van der Waals surface area contributed by atoms with Crippen LogP contribution in [-0.2, 0) is 14.3 Å². The number of carbonyl (C=O) groups is 1. The lowest BCUT2D eigenvalue weighted by atomic mass is 10.0. The average Bonchev–Trinajstić information content (AvgIpc) is 2.14. The first kappa shape index (κ1) is 12.3. The summed E-state index contributed by atoms with van der Waals surface area (Å²) in [7, 11) is -3.49. The Morgan fingerprint density at radius 2 is 2.20 bits per heavy atom. The first-order valence-corrected chi connectivity index (χ1v) is 6.56. The second-order valence-electron chi connectivity index (χ2n) is 3.61. The lowest BCUT2D eigenvalue weighted by molar-refractivity contribution is 0.0852. The maximum Gasteiger partial charge on any atom is 0.407 e. The van der Waals surface area contributed by atoms with E-state index < -0.39 is 16.2 Å². The van der Waals surface area contributed by atoms with Gasteiger partial charge in [-0.25, -0.2) is 4.79 Å². The molecule has 1 rings (SSSR count). The molecule has 0 aromatic heterocycles. The number of hydrogen-bond donors (Lipinski definition) is 1. The summed E-state index contributed by atoms with van der Waals surface area (Å²) in [5.41, 5.74) is 0. The van der Waals surface area contributed by atoms with Gasteiger partial charge in [0.2, 0.25) is 0 Å². The Labute approximate surface area is 89.0 Å². The van der Waals surface area contributed by atoms with Gasteiger partial charge in [0.15, 0.2) is 0 Å². The molecule has 15 heavy (non-hydrogen) atoms. The van der Waals surface area contributed by atoms with E-state index in [2.05, 4.69) is 4.18 Å². The van der Waals surface area contributed by atoms with E-state index >= 15 is 0 Å². The second kappa shape index (κ2) is 4.80. The molecule has 1 heterocycles. The van der Waals surface area contributed by atoms with Crippen LogP contribution in [0.3, 0.4) is 0 Å². The number of likely N-dealkylation sites (tertiary alicyclic amines) is 1. The largest absolute Gasteiger partial charge is 0.465 e. The summed E-state index contributed by atoms with van der Waals surface area (Å²) < 4.78 is 26.1. The normalized spacial score (nSPS) is 22.7. The van der Waals surface area contributed by atoms with Crippen LogP contribution < -0.4 is 0 Å². The Bertz CT molecular complexity index is 326. The lowest BCUT2D eigenvalue weighted by Gasteiger charge is -2.32. The summed E-state index contributed by atoms with van der Waals surface area (Å²) in [6.45, 7) is 0.373. The van der Waals surface area contributed by atoms with E-state index in [9.17, 15) is 13.2 Å². The van der Waals surface area contributed by atoms with E-state index in [0.717, 1.165) is 19.1 Å². The van der Waals surface area contributed by atoms with Crippen LogP contribution >= 0.6 is 0 Å². The van der Waals surface area contributed by atoms with Crippen LogP contribution in [0.15, 0.2) is 0 Å². The smallest absolute Gasteiger partial charge is 0.407 e. The molecular formula is C8H15NO5S. The van der Waals surface area contributed by atoms with E-state index in [1.807, 2.05) is 0 Å². The Morgan fingerprint density at radius 1 is 1.53 bits per heavy atom. The fourth-order valence-corrected chi connectivity index (χ4v) is 2.03. The van der Waals surface area contributed by atoms with Crippen molar-refractivity contribution in [2.75, 3.05) is 19.4 Å². The molecule has 88 valence electrons. The molecule has 0 aliphatic carbocycles. The molecule has 7 heteroatoms. The van der Waals surface area contributed by atoms with Crippen molar-refractivity contribution in [2.24, 2.45) is 0 Å². The highest BCUT2D eigenvalue weighted by Gasteiger charge is 2.27. The van der Waals surface area contributed by atoms with E-state index in [-0.39, 0.29) is 12.6 Å². The molecule has 1 aliphatic heterocycles. The van der Waals surface area contributed by atoms with Gasteiger partial charge in [-0.05, 0) is 19.3 Å². The summed E-state index contributed by atoms with van der Waals surface area (Å²) in [6.07, 6.45) is 2.32. The second-order valence-corrected chi connectivity index (χ2v) is 5.26. The minimum atomic E-state index is -3.49. The molecule has 1 aliphatic rings. The van der Waals surface area contributed by atoms with Gasteiger partial charge in [-0.3, -0.25) is 4.18 Å². The Kier molecular flexibility index (Phi) is 3.92. The molecule has 0 saturated carbocycles. The summed E-state index contributed by atoms with van der Waals surface area (Å²) in [5.74, 6) is 0. The predicted molar refractivity (Wildman–Crippen MR) is 53.2 cm³/mol. The molecule has 0 aromatic carbocycles. The first-order valence-electron chi connectivity index (χ1n) is 4.74. The van der Waals surface area contributed by atoms with Gasteiger partial charge in [0.1, 0.15) is 0 Å². The molecule has 0 radical (unpaired) electrons. The molecule has 0 bridgehead atoms. The summed E-state index contributed by atoms with van der Waals surface area (Å²) in [6, 6.07) is -0.342. The number of hydrogen-bond acceptors (Lipinski definition) is 4. The van der Waals surface area contributed by atoms with E-state index in [0.29, 0.717) is 13.0 Å². The van der Waals surface area contributed by atoms with Crippen LogP contribution in [-0.4, -0.2) is 50.0 Å². The van der Waals surface area contributed by atoms with Gasteiger partial charge >= 0.3 is 6.09 Å². The van der Waals surface area contributed by atoms with E-state index in [4.69, 9.17) is 5.11 Å². The fourth-order valence-electron chi connectivity index (χ4n) is 1.63. The molecule has 0 spiro atoms. The van der Waals surface area contributed by atoms with Gasteiger partial charge in [-0.2, -0.15) is 8.42 Å². The maximum absolute atomic E-state index is 10.8. The highest BCUT2D eigenvalue weighted by Crippen LogP contribution is 2.17. The third kappa shape index (κ3) is 4.05. The quantitative estimate of drug-likeness (QED) is 0.722. The SMILES string of the molecule is CS(=O)(=O)OC[C@@H]1CCCCN1C(=O)O. The van der Waals surface area contributed by atoms with Gasteiger partial charge in [-0.1, -0.05) is 0 Å². The molecule has 1 N–H and O–H groups in total. The third-order valence-corrected chi connectivity index (χ3v) is 2.91. The minimum Gasteiger partial charge on any atom is -0.465 e. The number of nitrogens with zero attached hydrogens (tertiary/aromatic N) is 1. The zero-order valence-corrected chi connectivity index (χ0v) is 9.37. The van der Waals surface area contributed by atoms with Crippen LogP contribution in [0.4, 0.5) is 4.79 Å². The number of amides is 1. The number of rotatable bonds is 3. The van der Waals surface area contributed by atoms with Crippen molar-refractivity contribution in [1.82, 2.24) is 4.90 Å². The van der Waals surface area contributed by atoms with E-state index in [1.165, 1.54) is 4.90 Å². The van der Waals surface area contributed by atoms with Crippen LogP contribution in [0, 0.1) is 0 Å². The summed E-state index contributed by atoms with van der Waals surface area (Å²) in [5, 5.41) is 8.86. The lowest BCUT2D eigenvalue weighted by Crippen LogP contribution is -2.45. The van der Waals surface area contributed by atoms with Gasteiger partial charge in [0.05, 0.1) is 18.9 Å². The van der Waals surface area contributed by atoms with Crippen molar-refractivity contribution < 1.29 is 22.5 Å². The van der Waals surface area contributed by atoms with Crippen molar-refractivity contribution in [3.05, 3.63) is 0 Å². The molecule has 6 nitrogen and oxygen atoms in total. The highest BCUT2D eigenvalue weighted by molar-refractivity contribution is 7.85. The summed E-state index contributed by atoms with van der Waals surface area (Å²) >= 11 is 0. The molecule has 1 saturated heterocycles. The predicted octanol–water partition coefficient (Wildman–Crippen LogP) is 0.495. The molecule has 0 unspecified atom stereocenters. The zero-order chi connectivity index (χ0) is 11.5. The van der Waals surface area contributed by atoms with Crippen molar-refractivity contribution in [3.63, 3.8) is 0 Å². The highest BCUT2D eigenvalue weighted by atomic mass is 32.2. The fraction of sp³-hybridized carbons (Fsp3) is 0.875. The maximum atomic E-state index is 10.8. The molecular weight excluding hydrogens is 222 g/mol. The first-order chi connectivity index (χ1) is 6.90. The minimum absolute atomic E-state index is 0.0782. The van der Waals surface area contributed by atoms with E-state index in [1.54, 1.807) is 0 Å². The van der Waals surface area contributed by atoms with Crippen LogP contribution in [0.5, 0.6) is 0 Å². The molecule has 1 atom stereocenters. The third-order valence-electron chi connectivity index (χ3n) is 2.35. The van der Waals surface area contributed by atoms with Gasteiger partial charge in [0.25, 0.3) is 10.1 Å². The standard InChI is InChI=1S/C8H15NO5S/c1-15(12,13)14-6-7-4-2-3-5-9(7)8(10)11/h7H,2-6H2,1H3,(H,10,11)/t7-/m0/s1. The Hall–Kier alpha value is -0.820. The van der Waals surface area contributed by atoms with Gasteiger partial charge < -0.3 is 10.0 Å². The number of piperidine rings is 1. The topological polar surface area (TPSA) is 83.9 Å². The van der Waals surface area contributed by atoms with Crippen LogP contribution in [0.1, 0.15) is 19.3 Å². The molecule has 0 aromatic rings. The van der Waals surface area contributed by atoms with Crippen LogP contribution in [0.25, 0.3) is 0 Å². The Balaban J connectivity index is 2.54. The Morgan fingerprint density at radius 3 is 2.73 bits per heavy atom.